The van der Waals surface area contributed by atoms with Crippen LogP contribution in [0.3, 0.4) is 0 Å². The minimum absolute atomic E-state index is 0.301. The SMILES string of the molecule is CC(O)c1c(-c2ccccc2)c2ccccc2oc1=O. The lowest BCUT2D eigenvalue weighted by atomic mass is 9.95. The summed E-state index contributed by atoms with van der Waals surface area (Å²) in [5, 5.41) is 10.8. The van der Waals surface area contributed by atoms with Gasteiger partial charge in [-0.25, -0.2) is 4.79 Å². The number of hydrogen-bond donors (Lipinski definition) is 1. The second kappa shape index (κ2) is 4.94. The van der Waals surface area contributed by atoms with Gasteiger partial charge in [0.25, 0.3) is 0 Å². The molecule has 0 amide bonds. The van der Waals surface area contributed by atoms with E-state index in [1.54, 1.807) is 13.0 Å². The third kappa shape index (κ3) is 2.02. The van der Waals surface area contributed by atoms with Crippen molar-refractivity contribution >= 4 is 11.0 Å². The van der Waals surface area contributed by atoms with E-state index in [1.165, 1.54) is 0 Å². The molecule has 1 unspecified atom stereocenters. The van der Waals surface area contributed by atoms with Gasteiger partial charge in [-0.15, -0.1) is 0 Å². The molecule has 0 radical (unpaired) electrons. The zero-order valence-corrected chi connectivity index (χ0v) is 11.0. The first-order valence-electron chi connectivity index (χ1n) is 6.47. The van der Waals surface area contributed by atoms with E-state index < -0.39 is 11.7 Å². The van der Waals surface area contributed by atoms with Gasteiger partial charge in [-0.2, -0.15) is 0 Å². The molecule has 1 heterocycles. The van der Waals surface area contributed by atoms with Crippen LogP contribution in [0.4, 0.5) is 0 Å². The summed E-state index contributed by atoms with van der Waals surface area (Å²) in [4.78, 5) is 12.1. The molecule has 0 saturated carbocycles. The Morgan fingerprint density at radius 1 is 1.00 bits per heavy atom. The number of rotatable bonds is 2. The van der Waals surface area contributed by atoms with Crippen molar-refractivity contribution in [1.29, 1.82) is 0 Å². The van der Waals surface area contributed by atoms with Gasteiger partial charge in [-0.05, 0) is 18.6 Å². The lowest BCUT2D eigenvalue weighted by Crippen LogP contribution is -2.12. The molecule has 20 heavy (non-hydrogen) atoms. The third-order valence-corrected chi connectivity index (χ3v) is 3.33. The molecule has 0 fully saturated rings. The molecule has 2 aromatic carbocycles. The molecule has 100 valence electrons. The fourth-order valence-electron chi connectivity index (χ4n) is 2.46. The molecule has 3 rings (SSSR count). The molecule has 0 aliphatic rings. The number of hydrogen-bond acceptors (Lipinski definition) is 3. The molecule has 3 nitrogen and oxygen atoms in total. The van der Waals surface area contributed by atoms with Crippen LogP contribution in [0.1, 0.15) is 18.6 Å². The number of aliphatic hydroxyl groups excluding tert-OH is 1. The highest BCUT2D eigenvalue weighted by molar-refractivity contribution is 5.94. The van der Waals surface area contributed by atoms with E-state index in [0.29, 0.717) is 11.1 Å². The van der Waals surface area contributed by atoms with Gasteiger partial charge >= 0.3 is 5.63 Å². The normalized spacial score (nSPS) is 12.5. The Hall–Kier alpha value is -2.39. The van der Waals surface area contributed by atoms with E-state index in [1.807, 2.05) is 48.5 Å². The minimum atomic E-state index is -0.883. The zero-order chi connectivity index (χ0) is 14.1. The predicted octanol–water partition coefficient (Wildman–Crippen LogP) is 3.51. The lowest BCUT2D eigenvalue weighted by Gasteiger charge is -2.13. The van der Waals surface area contributed by atoms with E-state index in [2.05, 4.69) is 0 Å². The molecule has 1 N–H and O–H groups in total. The van der Waals surface area contributed by atoms with Crippen molar-refractivity contribution < 1.29 is 9.52 Å². The van der Waals surface area contributed by atoms with Gasteiger partial charge in [-0.1, -0.05) is 48.5 Å². The highest BCUT2D eigenvalue weighted by Crippen LogP contribution is 2.32. The van der Waals surface area contributed by atoms with Crippen molar-refractivity contribution in [1.82, 2.24) is 0 Å². The Morgan fingerprint density at radius 2 is 1.65 bits per heavy atom. The van der Waals surface area contributed by atoms with E-state index in [-0.39, 0.29) is 0 Å². The number of benzene rings is 2. The van der Waals surface area contributed by atoms with Gasteiger partial charge < -0.3 is 9.52 Å². The molecule has 3 aromatic rings. The molecule has 1 atom stereocenters. The summed E-state index contributed by atoms with van der Waals surface area (Å²) in [6.45, 7) is 1.58. The maximum Gasteiger partial charge on any atom is 0.342 e. The first-order valence-corrected chi connectivity index (χ1v) is 6.47. The Balaban J connectivity index is 2.49. The van der Waals surface area contributed by atoms with Crippen molar-refractivity contribution in [3.63, 3.8) is 0 Å². The van der Waals surface area contributed by atoms with Crippen LogP contribution in [-0.2, 0) is 0 Å². The van der Waals surface area contributed by atoms with Crippen LogP contribution in [-0.4, -0.2) is 5.11 Å². The fraction of sp³-hybridized carbons (Fsp3) is 0.118. The number of fused-ring (bicyclic) bond motifs is 1. The average molecular weight is 266 g/mol. The van der Waals surface area contributed by atoms with Gasteiger partial charge in [0, 0.05) is 10.9 Å². The summed E-state index contributed by atoms with van der Waals surface area (Å²) in [7, 11) is 0. The van der Waals surface area contributed by atoms with Crippen LogP contribution in [0.25, 0.3) is 22.1 Å². The van der Waals surface area contributed by atoms with Crippen LogP contribution in [0.2, 0.25) is 0 Å². The second-order valence-corrected chi connectivity index (χ2v) is 4.72. The Labute approximate surface area is 116 Å². The second-order valence-electron chi connectivity index (χ2n) is 4.72. The van der Waals surface area contributed by atoms with Crippen molar-refractivity contribution in [2.24, 2.45) is 0 Å². The molecule has 0 bridgehead atoms. The van der Waals surface area contributed by atoms with E-state index in [9.17, 15) is 9.90 Å². The van der Waals surface area contributed by atoms with E-state index in [0.717, 1.165) is 16.5 Å². The molecule has 1 aromatic heterocycles. The molecule has 0 spiro atoms. The highest BCUT2D eigenvalue weighted by Gasteiger charge is 2.19. The first kappa shape index (κ1) is 12.6. The molecule has 0 aliphatic carbocycles. The predicted molar refractivity (Wildman–Crippen MR) is 78.6 cm³/mol. The van der Waals surface area contributed by atoms with Gasteiger partial charge in [-0.3, -0.25) is 0 Å². The van der Waals surface area contributed by atoms with Crippen LogP contribution >= 0.6 is 0 Å². The summed E-state index contributed by atoms with van der Waals surface area (Å²) < 4.78 is 5.30. The number of aliphatic hydroxyl groups is 1. The maximum absolute atomic E-state index is 12.1. The van der Waals surface area contributed by atoms with Gasteiger partial charge in [0.1, 0.15) is 5.58 Å². The van der Waals surface area contributed by atoms with Crippen molar-refractivity contribution in [3.05, 3.63) is 70.6 Å². The first-order chi connectivity index (χ1) is 9.68. The standard InChI is InChI=1S/C17H14O3/c1-11(18)15-16(12-7-3-2-4-8-12)13-9-5-6-10-14(13)20-17(15)19/h2-11,18H,1H3. The molecular formula is C17H14O3. The molecular weight excluding hydrogens is 252 g/mol. The van der Waals surface area contributed by atoms with Crippen LogP contribution in [0, 0.1) is 0 Å². The van der Waals surface area contributed by atoms with Crippen LogP contribution in [0.15, 0.2) is 63.8 Å². The molecule has 0 aliphatic heterocycles. The molecule has 3 heteroatoms. The van der Waals surface area contributed by atoms with E-state index >= 15 is 0 Å². The highest BCUT2D eigenvalue weighted by atomic mass is 16.4. The zero-order valence-electron chi connectivity index (χ0n) is 11.0. The van der Waals surface area contributed by atoms with Gasteiger partial charge in [0.2, 0.25) is 0 Å². The smallest absolute Gasteiger partial charge is 0.342 e. The molecule has 0 saturated heterocycles. The largest absolute Gasteiger partial charge is 0.422 e. The van der Waals surface area contributed by atoms with Crippen LogP contribution < -0.4 is 5.63 Å². The maximum atomic E-state index is 12.1. The number of para-hydroxylation sites is 1. The minimum Gasteiger partial charge on any atom is -0.422 e. The summed E-state index contributed by atoms with van der Waals surface area (Å²) in [6.07, 6.45) is -0.883. The third-order valence-electron chi connectivity index (χ3n) is 3.33. The summed E-state index contributed by atoms with van der Waals surface area (Å²) in [5.74, 6) is 0. The average Bonchev–Trinajstić information content (AvgIpc) is 2.46. The Bertz CT molecular complexity index is 801. The quantitative estimate of drug-likeness (QED) is 0.722. The van der Waals surface area contributed by atoms with Gasteiger partial charge in [0.05, 0.1) is 11.7 Å². The van der Waals surface area contributed by atoms with Gasteiger partial charge in [0.15, 0.2) is 0 Å². The Morgan fingerprint density at radius 3 is 2.35 bits per heavy atom. The van der Waals surface area contributed by atoms with Crippen LogP contribution in [0.5, 0.6) is 0 Å². The fourth-order valence-corrected chi connectivity index (χ4v) is 2.46. The topological polar surface area (TPSA) is 50.4 Å². The van der Waals surface area contributed by atoms with Crippen molar-refractivity contribution in [2.45, 2.75) is 13.0 Å². The Kier molecular flexibility index (Phi) is 3.12. The van der Waals surface area contributed by atoms with Crippen molar-refractivity contribution in [3.8, 4) is 11.1 Å². The summed E-state index contributed by atoms with van der Waals surface area (Å²) in [5.41, 5.74) is 1.98. The summed E-state index contributed by atoms with van der Waals surface area (Å²) >= 11 is 0. The van der Waals surface area contributed by atoms with E-state index in [4.69, 9.17) is 4.42 Å². The monoisotopic (exact) mass is 266 g/mol. The lowest BCUT2D eigenvalue weighted by molar-refractivity contribution is 0.195. The van der Waals surface area contributed by atoms with Crippen molar-refractivity contribution in [2.75, 3.05) is 0 Å². The summed E-state index contributed by atoms with van der Waals surface area (Å²) in [6, 6.07) is 16.9.